The Kier molecular flexibility index (Phi) is 6.51. The molecule has 0 radical (unpaired) electrons. The first-order valence-corrected chi connectivity index (χ1v) is 10.2. The Hall–Kier alpha value is -3.20. The SMILES string of the molecule is CCSNc1ccc(Oc2ccc(F)cc2F)c(-c2cn(C)c(=O)c(N)c2NC)c1. The normalized spacial score (nSPS) is 10.7. The Bertz CT molecular complexity index is 1130. The number of nitrogen functional groups attached to an aromatic ring is 1. The van der Waals surface area contributed by atoms with Crippen molar-refractivity contribution in [2.75, 3.05) is 28.6 Å². The number of benzene rings is 2. The van der Waals surface area contributed by atoms with Crippen LogP contribution in [0.1, 0.15) is 6.92 Å². The van der Waals surface area contributed by atoms with E-state index in [2.05, 4.69) is 10.0 Å². The molecular formula is C21H22F2N4O2S. The molecule has 1 aromatic heterocycles. The molecule has 3 aromatic rings. The molecule has 0 fully saturated rings. The molecule has 0 atom stereocenters. The molecule has 0 aliphatic rings. The second kappa shape index (κ2) is 9.08. The molecule has 0 saturated carbocycles. The zero-order valence-corrected chi connectivity index (χ0v) is 17.6. The van der Waals surface area contributed by atoms with Crippen LogP contribution in [-0.4, -0.2) is 17.4 Å². The fraction of sp³-hybridized carbons (Fsp3) is 0.190. The molecule has 9 heteroatoms. The summed E-state index contributed by atoms with van der Waals surface area (Å²) in [6, 6.07) is 8.38. The summed E-state index contributed by atoms with van der Waals surface area (Å²) in [6.45, 7) is 2.01. The summed E-state index contributed by atoms with van der Waals surface area (Å²) in [5, 5.41) is 2.96. The first kappa shape index (κ1) is 21.5. The van der Waals surface area contributed by atoms with E-state index in [1.165, 1.54) is 22.6 Å². The lowest BCUT2D eigenvalue weighted by molar-refractivity contribution is 0.439. The lowest BCUT2D eigenvalue weighted by atomic mass is 10.0. The van der Waals surface area contributed by atoms with Crippen LogP contribution in [0.4, 0.5) is 25.8 Å². The van der Waals surface area contributed by atoms with Gasteiger partial charge < -0.3 is 25.1 Å². The van der Waals surface area contributed by atoms with Crippen LogP contribution in [0.2, 0.25) is 0 Å². The highest BCUT2D eigenvalue weighted by Crippen LogP contribution is 2.40. The van der Waals surface area contributed by atoms with Crippen LogP contribution in [0.25, 0.3) is 11.1 Å². The van der Waals surface area contributed by atoms with E-state index in [9.17, 15) is 13.6 Å². The van der Waals surface area contributed by atoms with Crippen LogP contribution in [0.5, 0.6) is 11.5 Å². The van der Waals surface area contributed by atoms with Gasteiger partial charge in [-0.15, -0.1) is 0 Å². The maximum absolute atomic E-state index is 14.2. The van der Waals surface area contributed by atoms with E-state index < -0.39 is 11.6 Å². The summed E-state index contributed by atoms with van der Waals surface area (Å²) in [4.78, 5) is 12.3. The molecule has 4 N–H and O–H groups in total. The highest BCUT2D eigenvalue weighted by molar-refractivity contribution is 8.00. The quantitative estimate of drug-likeness (QED) is 0.464. The van der Waals surface area contributed by atoms with Gasteiger partial charge in [-0.3, -0.25) is 4.79 Å². The Labute approximate surface area is 177 Å². The summed E-state index contributed by atoms with van der Waals surface area (Å²) in [5.74, 6) is -0.464. The molecule has 30 heavy (non-hydrogen) atoms. The van der Waals surface area contributed by atoms with Crippen molar-refractivity contribution < 1.29 is 13.5 Å². The number of aryl methyl sites for hydroxylation is 1. The summed E-state index contributed by atoms with van der Waals surface area (Å²) < 4.78 is 37.8. The van der Waals surface area contributed by atoms with Crippen LogP contribution in [-0.2, 0) is 7.05 Å². The number of halogens is 2. The van der Waals surface area contributed by atoms with E-state index >= 15 is 0 Å². The lowest BCUT2D eigenvalue weighted by Gasteiger charge is -2.18. The third-order valence-electron chi connectivity index (χ3n) is 4.38. The van der Waals surface area contributed by atoms with Gasteiger partial charge in [0.1, 0.15) is 17.3 Å². The van der Waals surface area contributed by atoms with Gasteiger partial charge >= 0.3 is 0 Å². The molecular weight excluding hydrogens is 410 g/mol. The zero-order valence-electron chi connectivity index (χ0n) is 16.8. The Morgan fingerprint density at radius 3 is 2.53 bits per heavy atom. The minimum atomic E-state index is -0.821. The lowest BCUT2D eigenvalue weighted by Crippen LogP contribution is -2.21. The maximum atomic E-state index is 14.2. The topological polar surface area (TPSA) is 81.3 Å². The molecule has 6 nitrogen and oxygen atoms in total. The van der Waals surface area contributed by atoms with Crippen molar-refractivity contribution in [1.82, 2.24) is 4.57 Å². The van der Waals surface area contributed by atoms with Crippen molar-refractivity contribution in [2.45, 2.75) is 6.92 Å². The fourth-order valence-electron chi connectivity index (χ4n) is 2.96. The Balaban J connectivity index is 2.19. The molecule has 0 spiro atoms. The largest absolute Gasteiger partial charge is 0.454 e. The first-order chi connectivity index (χ1) is 14.3. The minimum absolute atomic E-state index is 0.0534. The van der Waals surface area contributed by atoms with Gasteiger partial charge in [0.05, 0.1) is 5.69 Å². The monoisotopic (exact) mass is 432 g/mol. The molecule has 0 aliphatic carbocycles. The highest BCUT2D eigenvalue weighted by atomic mass is 32.2. The van der Waals surface area contributed by atoms with E-state index in [4.69, 9.17) is 10.5 Å². The average Bonchev–Trinajstić information content (AvgIpc) is 2.73. The maximum Gasteiger partial charge on any atom is 0.275 e. The van der Waals surface area contributed by atoms with Gasteiger partial charge in [0.2, 0.25) is 0 Å². The predicted octanol–water partition coefficient (Wildman–Crippen LogP) is 4.83. The smallest absolute Gasteiger partial charge is 0.275 e. The number of ether oxygens (including phenoxy) is 1. The number of nitrogens with two attached hydrogens (primary N) is 1. The zero-order chi connectivity index (χ0) is 21.8. The second-order valence-electron chi connectivity index (χ2n) is 6.42. The average molecular weight is 432 g/mol. The molecule has 0 saturated heterocycles. The fourth-order valence-corrected chi connectivity index (χ4v) is 3.40. The summed E-state index contributed by atoms with van der Waals surface area (Å²) in [7, 11) is 3.25. The van der Waals surface area contributed by atoms with E-state index in [1.54, 1.807) is 32.4 Å². The molecule has 0 amide bonds. The van der Waals surface area contributed by atoms with Crippen LogP contribution >= 0.6 is 11.9 Å². The molecule has 1 heterocycles. The van der Waals surface area contributed by atoms with Gasteiger partial charge in [0.15, 0.2) is 11.6 Å². The molecule has 0 aliphatic heterocycles. The Morgan fingerprint density at radius 1 is 1.13 bits per heavy atom. The van der Waals surface area contributed by atoms with Crippen molar-refractivity contribution in [2.24, 2.45) is 7.05 Å². The van der Waals surface area contributed by atoms with Crippen molar-refractivity contribution >= 4 is 29.0 Å². The molecule has 158 valence electrons. The van der Waals surface area contributed by atoms with Crippen molar-refractivity contribution in [3.8, 4) is 22.6 Å². The van der Waals surface area contributed by atoms with Gasteiger partial charge in [0.25, 0.3) is 5.56 Å². The van der Waals surface area contributed by atoms with E-state index in [0.29, 0.717) is 22.6 Å². The number of hydrogen-bond acceptors (Lipinski definition) is 6. The number of nitrogens with zero attached hydrogens (tertiary/aromatic N) is 1. The summed E-state index contributed by atoms with van der Waals surface area (Å²) in [6.07, 6.45) is 1.63. The molecule has 2 aromatic carbocycles. The predicted molar refractivity (Wildman–Crippen MR) is 119 cm³/mol. The van der Waals surface area contributed by atoms with Gasteiger partial charge in [0, 0.05) is 48.9 Å². The number of rotatable bonds is 7. The third kappa shape index (κ3) is 4.35. The number of aromatic nitrogens is 1. The molecule has 3 rings (SSSR count). The third-order valence-corrected chi connectivity index (χ3v) is 5.05. The number of anilines is 3. The van der Waals surface area contributed by atoms with E-state index in [0.717, 1.165) is 23.6 Å². The second-order valence-corrected chi connectivity index (χ2v) is 7.49. The van der Waals surface area contributed by atoms with Crippen LogP contribution in [0.3, 0.4) is 0 Å². The van der Waals surface area contributed by atoms with Crippen molar-refractivity contribution in [3.05, 3.63) is 64.6 Å². The van der Waals surface area contributed by atoms with E-state index in [-0.39, 0.29) is 17.0 Å². The standard InChI is InChI=1S/C21H22F2N4O2S/c1-4-30-26-13-6-8-17(29-18-7-5-12(22)9-16(18)23)14(10-13)15-11-27(3)21(28)19(24)20(15)25-2/h5-11,25-26H,4,24H2,1-3H3. The first-order valence-electron chi connectivity index (χ1n) is 9.17. The number of pyridine rings is 1. The van der Waals surface area contributed by atoms with Crippen LogP contribution < -0.4 is 26.1 Å². The van der Waals surface area contributed by atoms with Gasteiger partial charge in [-0.1, -0.05) is 18.9 Å². The van der Waals surface area contributed by atoms with Crippen molar-refractivity contribution in [3.63, 3.8) is 0 Å². The molecule has 0 bridgehead atoms. The van der Waals surface area contributed by atoms with Crippen LogP contribution in [0.15, 0.2) is 47.4 Å². The molecule has 0 unspecified atom stereocenters. The van der Waals surface area contributed by atoms with Gasteiger partial charge in [-0.05, 0) is 30.3 Å². The van der Waals surface area contributed by atoms with Crippen molar-refractivity contribution in [1.29, 1.82) is 0 Å². The summed E-state index contributed by atoms with van der Waals surface area (Å²) in [5.41, 5.74) is 8.14. The number of hydrogen-bond donors (Lipinski definition) is 3. The minimum Gasteiger partial charge on any atom is -0.454 e. The van der Waals surface area contributed by atoms with Gasteiger partial charge in [-0.25, -0.2) is 8.78 Å². The number of nitrogens with one attached hydrogen (secondary N) is 2. The highest BCUT2D eigenvalue weighted by Gasteiger charge is 2.18. The van der Waals surface area contributed by atoms with Crippen LogP contribution in [0, 0.1) is 11.6 Å². The van der Waals surface area contributed by atoms with E-state index in [1.807, 2.05) is 13.0 Å². The Morgan fingerprint density at radius 2 is 1.87 bits per heavy atom. The van der Waals surface area contributed by atoms with Gasteiger partial charge in [-0.2, -0.15) is 0 Å². The summed E-state index contributed by atoms with van der Waals surface area (Å²) >= 11 is 1.51.